The molecular formula is C8H18N6O2. The van der Waals surface area contributed by atoms with E-state index in [0.29, 0.717) is 13.1 Å². The first-order valence-corrected chi connectivity index (χ1v) is 4.82. The molecule has 0 aromatic carbocycles. The number of nitrogens with one attached hydrogen (secondary N) is 2. The second-order valence-electron chi connectivity index (χ2n) is 3.00. The molecule has 0 fully saturated rings. The van der Waals surface area contributed by atoms with Gasteiger partial charge in [-0.1, -0.05) is 0 Å². The number of primary amides is 1. The monoisotopic (exact) mass is 230 g/mol. The number of carbonyl (C=O) groups is 2. The van der Waals surface area contributed by atoms with E-state index in [1.165, 1.54) is 4.90 Å². The Morgan fingerprint density at radius 3 is 2.50 bits per heavy atom. The van der Waals surface area contributed by atoms with Crippen molar-refractivity contribution >= 4 is 18.0 Å². The zero-order valence-corrected chi connectivity index (χ0v) is 9.49. The summed E-state index contributed by atoms with van der Waals surface area (Å²) >= 11 is 0. The van der Waals surface area contributed by atoms with Crippen molar-refractivity contribution in [3.05, 3.63) is 0 Å². The van der Waals surface area contributed by atoms with Crippen LogP contribution in [-0.4, -0.2) is 49.6 Å². The summed E-state index contributed by atoms with van der Waals surface area (Å²) in [5.74, 6) is -0.0643. The molecule has 0 bridgehead atoms. The molecule has 8 nitrogen and oxygen atoms in total. The lowest BCUT2D eigenvalue weighted by atomic mass is 10.6. The quantitative estimate of drug-likeness (QED) is 0.270. The first kappa shape index (κ1) is 14.0. The molecule has 0 heterocycles. The number of rotatable bonds is 4. The van der Waals surface area contributed by atoms with E-state index < -0.39 is 6.03 Å². The van der Waals surface area contributed by atoms with Crippen LogP contribution in [0.15, 0.2) is 4.99 Å². The van der Waals surface area contributed by atoms with Gasteiger partial charge in [-0.05, 0) is 6.92 Å². The summed E-state index contributed by atoms with van der Waals surface area (Å²) in [6, 6.07) is -0.949. The van der Waals surface area contributed by atoms with Gasteiger partial charge >= 0.3 is 12.1 Å². The van der Waals surface area contributed by atoms with Crippen molar-refractivity contribution < 1.29 is 9.59 Å². The molecule has 0 rings (SSSR count). The summed E-state index contributed by atoms with van der Waals surface area (Å²) in [6.45, 7) is 3.10. The van der Waals surface area contributed by atoms with E-state index in [9.17, 15) is 9.59 Å². The summed E-state index contributed by atoms with van der Waals surface area (Å²) in [4.78, 5) is 26.9. The third kappa shape index (κ3) is 6.46. The van der Waals surface area contributed by atoms with Crippen LogP contribution in [0.4, 0.5) is 9.59 Å². The molecule has 0 aliphatic heterocycles. The van der Waals surface area contributed by atoms with Crippen molar-refractivity contribution in [2.24, 2.45) is 16.5 Å². The molecule has 0 radical (unpaired) electrons. The summed E-state index contributed by atoms with van der Waals surface area (Å²) in [5, 5.41) is 4.73. The highest BCUT2D eigenvalue weighted by atomic mass is 16.2. The lowest BCUT2D eigenvalue weighted by Crippen LogP contribution is -2.41. The number of carbonyl (C=O) groups excluding carboxylic acids is 2. The van der Waals surface area contributed by atoms with Crippen LogP contribution in [0.25, 0.3) is 0 Å². The van der Waals surface area contributed by atoms with Crippen molar-refractivity contribution in [1.82, 2.24) is 15.5 Å². The van der Waals surface area contributed by atoms with Crippen molar-refractivity contribution in [1.29, 1.82) is 0 Å². The molecule has 0 unspecified atom stereocenters. The fourth-order valence-corrected chi connectivity index (χ4v) is 0.784. The lowest BCUT2D eigenvalue weighted by molar-refractivity contribution is 0.211. The van der Waals surface area contributed by atoms with Crippen LogP contribution in [0.1, 0.15) is 6.92 Å². The highest BCUT2D eigenvalue weighted by Gasteiger charge is 2.03. The van der Waals surface area contributed by atoms with Gasteiger partial charge in [0.2, 0.25) is 0 Å². The van der Waals surface area contributed by atoms with Gasteiger partial charge in [-0.15, -0.1) is 0 Å². The number of hydrogen-bond acceptors (Lipinski definition) is 3. The number of amides is 4. The molecular weight excluding hydrogens is 212 g/mol. The molecule has 0 saturated heterocycles. The first-order chi connectivity index (χ1) is 7.47. The Kier molecular flexibility index (Phi) is 6.41. The summed E-state index contributed by atoms with van der Waals surface area (Å²) < 4.78 is 0. The van der Waals surface area contributed by atoms with Gasteiger partial charge in [-0.2, -0.15) is 0 Å². The minimum absolute atomic E-state index is 0.0643. The number of guanidine groups is 1. The fourth-order valence-electron chi connectivity index (χ4n) is 0.784. The van der Waals surface area contributed by atoms with Gasteiger partial charge in [-0.3, -0.25) is 10.3 Å². The normalized spacial score (nSPS) is 10.8. The van der Waals surface area contributed by atoms with Crippen LogP contribution in [0, 0.1) is 0 Å². The Morgan fingerprint density at radius 2 is 2.00 bits per heavy atom. The molecule has 16 heavy (non-hydrogen) atoms. The van der Waals surface area contributed by atoms with E-state index in [4.69, 9.17) is 11.5 Å². The van der Waals surface area contributed by atoms with E-state index >= 15 is 0 Å². The molecule has 4 amide bonds. The maximum Gasteiger partial charge on any atom is 0.318 e. The third-order valence-corrected chi connectivity index (χ3v) is 1.74. The van der Waals surface area contributed by atoms with Crippen LogP contribution in [0.3, 0.4) is 0 Å². The van der Waals surface area contributed by atoms with E-state index in [1.807, 2.05) is 6.92 Å². The van der Waals surface area contributed by atoms with Crippen molar-refractivity contribution in [3.8, 4) is 0 Å². The van der Waals surface area contributed by atoms with Crippen LogP contribution in [-0.2, 0) is 0 Å². The van der Waals surface area contributed by atoms with Crippen molar-refractivity contribution in [3.63, 3.8) is 0 Å². The topological polar surface area (TPSA) is 126 Å². The zero-order valence-electron chi connectivity index (χ0n) is 9.49. The van der Waals surface area contributed by atoms with Gasteiger partial charge in [0.15, 0.2) is 5.96 Å². The smallest absolute Gasteiger partial charge is 0.318 e. The molecule has 0 aromatic rings. The van der Waals surface area contributed by atoms with Gasteiger partial charge in [0.25, 0.3) is 0 Å². The molecule has 0 aromatic heterocycles. The Bertz CT molecular complexity index is 278. The van der Waals surface area contributed by atoms with Crippen molar-refractivity contribution in [2.75, 3.05) is 26.7 Å². The molecule has 92 valence electrons. The molecule has 0 spiro atoms. The summed E-state index contributed by atoms with van der Waals surface area (Å²) in [5.41, 5.74) is 10.1. The largest absolute Gasteiger partial charge is 0.370 e. The average Bonchev–Trinajstić information content (AvgIpc) is 2.21. The maximum atomic E-state index is 11.2. The van der Waals surface area contributed by atoms with Crippen LogP contribution in [0.5, 0.6) is 0 Å². The molecule has 0 aliphatic carbocycles. The number of nitrogens with two attached hydrogens (primary N) is 2. The fraction of sp³-hybridized carbons (Fsp3) is 0.625. The van der Waals surface area contributed by atoms with Gasteiger partial charge in [0.1, 0.15) is 0 Å². The first-order valence-electron chi connectivity index (χ1n) is 4.82. The number of hydrogen-bond donors (Lipinski definition) is 4. The Labute approximate surface area is 94.1 Å². The summed E-state index contributed by atoms with van der Waals surface area (Å²) in [6.07, 6.45) is 0. The summed E-state index contributed by atoms with van der Waals surface area (Å²) in [7, 11) is 1.68. The highest BCUT2D eigenvalue weighted by Crippen LogP contribution is 1.81. The predicted octanol–water partition coefficient (Wildman–Crippen LogP) is -1.37. The van der Waals surface area contributed by atoms with Crippen LogP contribution in [0.2, 0.25) is 0 Å². The number of nitrogens with zero attached hydrogens (tertiary/aromatic N) is 2. The van der Waals surface area contributed by atoms with E-state index in [2.05, 4.69) is 15.6 Å². The van der Waals surface area contributed by atoms with E-state index in [1.54, 1.807) is 7.05 Å². The van der Waals surface area contributed by atoms with E-state index in [-0.39, 0.29) is 18.5 Å². The molecule has 8 heteroatoms. The predicted molar refractivity (Wildman–Crippen MR) is 60.9 cm³/mol. The van der Waals surface area contributed by atoms with Gasteiger partial charge in [-0.25, -0.2) is 9.59 Å². The highest BCUT2D eigenvalue weighted by molar-refractivity contribution is 5.94. The zero-order chi connectivity index (χ0) is 12.6. The second kappa shape index (κ2) is 7.32. The maximum absolute atomic E-state index is 11.2. The molecule has 6 N–H and O–H groups in total. The van der Waals surface area contributed by atoms with Crippen molar-refractivity contribution in [2.45, 2.75) is 6.92 Å². The molecule has 0 atom stereocenters. The minimum Gasteiger partial charge on any atom is -0.370 e. The lowest BCUT2D eigenvalue weighted by Gasteiger charge is -2.14. The third-order valence-electron chi connectivity index (χ3n) is 1.74. The van der Waals surface area contributed by atoms with Gasteiger partial charge < -0.3 is 21.7 Å². The van der Waals surface area contributed by atoms with E-state index in [0.717, 1.165) is 0 Å². The average molecular weight is 230 g/mol. The Hall–Kier alpha value is -1.99. The Balaban J connectivity index is 3.74. The second-order valence-corrected chi connectivity index (χ2v) is 3.00. The minimum atomic E-state index is -0.768. The SMILES string of the molecule is CCN(C)C(=O)NCCN=C(N)NC(N)=O. The Morgan fingerprint density at radius 1 is 1.38 bits per heavy atom. The number of aliphatic imine (C=N–C) groups is 1. The molecule has 0 aliphatic rings. The standard InChI is InChI=1S/C8H18N6O2/c1-3-14(2)8(16)12-5-4-11-6(9)13-7(10)15/h3-5H2,1-2H3,(H,12,16)(H5,9,10,11,13,15). The van der Waals surface area contributed by atoms with Gasteiger partial charge in [0, 0.05) is 20.1 Å². The van der Waals surface area contributed by atoms with Crippen LogP contribution < -0.4 is 22.1 Å². The van der Waals surface area contributed by atoms with Gasteiger partial charge in [0.05, 0.1) is 6.54 Å². The molecule has 0 saturated carbocycles. The number of urea groups is 2. The van der Waals surface area contributed by atoms with Crippen LogP contribution >= 0.6 is 0 Å².